The van der Waals surface area contributed by atoms with Crippen LogP contribution < -0.4 is 10.6 Å². The maximum absolute atomic E-state index is 12.0. The Morgan fingerprint density at radius 3 is 3.00 bits per heavy atom. The Kier molecular flexibility index (Phi) is 3.41. The Bertz CT molecular complexity index is 640. The second-order valence-electron chi connectivity index (χ2n) is 5.57. The van der Waals surface area contributed by atoms with Gasteiger partial charge in [-0.05, 0) is 42.5 Å². The predicted octanol–water partition coefficient (Wildman–Crippen LogP) is 1.42. The molecule has 6 heteroatoms. The van der Waals surface area contributed by atoms with Gasteiger partial charge in [-0.25, -0.2) is 8.42 Å². The fourth-order valence-electron chi connectivity index (χ4n) is 2.89. The molecule has 20 heavy (non-hydrogen) atoms. The van der Waals surface area contributed by atoms with Gasteiger partial charge in [0.1, 0.15) is 0 Å². The molecule has 0 saturated carbocycles. The van der Waals surface area contributed by atoms with Crippen molar-refractivity contribution >= 4 is 27.1 Å². The molecule has 1 amide bonds. The number of carbonyl (C=O) groups excluding carboxylic acids is 1. The van der Waals surface area contributed by atoms with Gasteiger partial charge in [-0.3, -0.25) is 4.79 Å². The minimum atomic E-state index is -2.91. The first kappa shape index (κ1) is 13.4. The number of sulfone groups is 1. The van der Waals surface area contributed by atoms with Gasteiger partial charge >= 0.3 is 0 Å². The van der Waals surface area contributed by atoms with E-state index in [1.807, 2.05) is 18.2 Å². The summed E-state index contributed by atoms with van der Waals surface area (Å²) in [6.07, 6.45) is 1.86. The lowest BCUT2D eigenvalue weighted by Gasteiger charge is -2.10. The molecule has 2 heterocycles. The normalized spacial score (nSPS) is 23.1. The van der Waals surface area contributed by atoms with Gasteiger partial charge in [0, 0.05) is 24.3 Å². The van der Waals surface area contributed by atoms with Crippen molar-refractivity contribution in [2.75, 3.05) is 28.7 Å². The van der Waals surface area contributed by atoms with E-state index in [0.29, 0.717) is 6.42 Å². The molecule has 1 atom stereocenters. The maximum Gasteiger partial charge on any atom is 0.224 e. The van der Waals surface area contributed by atoms with E-state index in [1.54, 1.807) is 0 Å². The molecule has 2 aliphatic rings. The minimum Gasteiger partial charge on any atom is -0.384 e. The Balaban J connectivity index is 1.59. The summed E-state index contributed by atoms with van der Waals surface area (Å²) < 4.78 is 22.7. The number of rotatable bonds is 3. The largest absolute Gasteiger partial charge is 0.384 e. The van der Waals surface area contributed by atoms with Gasteiger partial charge in [-0.15, -0.1) is 0 Å². The van der Waals surface area contributed by atoms with Crippen LogP contribution in [-0.4, -0.2) is 32.4 Å². The van der Waals surface area contributed by atoms with Gasteiger partial charge in [-0.1, -0.05) is 0 Å². The summed E-state index contributed by atoms with van der Waals surface area (Å²) in [7, 11) is -2.91. The molecule has 0 spiro atoms. The number of nitrogens with one attached hydrogen (secondary N) is 2. The molecular weight excluding hydrogens is 276 g/mol. The summed E-state index contributed by atoms with van der Waals surface area (Å²) in [5.41, 5.74) is 3.13. The molecule has 0 radical (unpaired) electrons. The smallest absolute Gasteiger partial charge is 0.224 e. The van der Waals surface area contributed by atoms with E-state index >= 15 is 0 Å². The second kappa shape index (κ2) is 5.09. The van der Waals surface area contributed by atoms with Gasteiger partial charge in [0.2, 0.25) is 5.91 Å². The molecule has 2 N–H and O–H groups in total. The number of amides is 1. The fourth-order valence-corrected chi connectivity index (χ4v) is 4.75. The third kappa shape index (κ3) is 2.95. The first-order chi connectivity index (χ1) is 9.52. The highest BCUT2D eigenvalue weighted by Gasteiger charge is 2.29. The zero-order chi connectivity index (χ0) is 14.2. The van der Waals surface area contributed by atoms with E-state index in [4.69, 9.17) is 0 Å². The van der Waals surface area contributed by atoms with Crippen molar-refractivity contribution in [3.05, 3.63) is 23.8 Å². The van der Waals surface area contributed by atoms with Crippen molar-refractivity contribution in [1.29, 1.82) is 0 Å². The lowest BCUT2D eigenvalue weighted by molar-refractivity contribution is -0.116. The lowest BCUT2D eigenvalue weighted by atomic mass is 10.0. The number of hydrogen-bond donors (Lipinski definition) is 2. The monoisotopic (exact) mass is 294 g/mol. The number of hydrogen-bond acceptors (Lipinski definition) is 4. The van der Waals surface area contributed by atoms with Gasteiger partial charge in [0.05, 0.1) is 11.5 Å². The SMILES string of the molecule is O=C(CC1CCS(=O)(=O)C1)Nc1ccc2c(c1)CCN2. The van der Waals surface area contributed by atoms with Crippen molar-refractivity contribution in [3.8, 4) is 0 Å². The average molecular weight is 294 g/mol. The molecule has 1 fully saturated rings. The van der Waals surface area contributed by atoms with Crippen molar-refractivity contribution < 1.29 is 13.2 Å². The number of anilines is 2. The van der Waals surface area contributed by atoms with Crippen molar-refractivity contribution in [2.45, 2.75) is 19.3 Å². The Hall–Kier alpha value is -1.56. The van der Waals surface area contributed by atoms with Gasteiger partial charge in [0.25, 0.3) is 0 Å². The molecule has 1 saturated heterocycles. The molecule has 5 nitrogen and oxygen atoms in total. The predicted molar refractivity (Wildman–Crippen MR) is 78.6 cm³/mol. The molecule has 0 aromatic heterocycles. The Morgan fingerprint density at radius 2 is 2.25 bits per heavy atom. The molecule has 2 aliphatic heterocycles. The lowest BCUT2D eigenvalue weighted by Crippen LogP contribution is -2.17. The number of benzene rings is 1. The van der Waals surface area contributed by atoms with Crippen LogP contribution in [0.4, 0.5) is 11.4 Å². The van der Waals surface area contributed by atoms with Crippen LogP contribution in [0.15, 0.2) is 18.2 Å². The molecule has 1 unspecified atom stereocenters. The first-order valence-electron chi connectivity index (χ1n) is 6.89. The van der Waals surface area contributed by atoms with Crippen LogP contribution in [0.3, 0.4) is 0 Å². The molecule has 3 rings (SSSR count). The zero-order valence-electron chi connectivity index (χ0n) is 11.2. The third-order valence-corrected chi connectivity index (χ3v) is 5.74. The summed E-state index contributed by atoms with van der Waals surface area (Å²) >= 11 is 0. The number of fused-ring (bicyclic) bond motifs is 1. The highest BCUT2D eigenvalue weighted by Crippen LogP contribution is 2.26. The van der Waals surface area contributed by atoms with Crippen LogP contribution in [0.1, 0.15) is 18.4 Å². The molecule has 1 aromatic carbocycles. The van der Waals surface area contributed by atoms with E-state index in [9.17, 15) is 13.2 Å². The van der Waals surface area contributed by atoms with E-state index in [1.165, 1.54) is 5.56 Å². The molecule has 0 aliphatic carbocycles. The standard InChI is InChI=1S/C14H18N2O3S/c17-14(7-10-4-6-20(18,19)9-10)16-12-1-2-13-11(8-12)3-5-15-13/h1-2,8,10,15H,3-7,9H2,(H,16,17). The topological polar surface area (TPSA) is 75.3 Å². The highest BCUT2D eigenvalue weighted by atomic mass is 32.2. The third-order valence-electron chi connectivity index (χ3n) is 3.90. The quantitative estimate of drug-likeness (QED) is 0.884. The van der Waals surface area contributed by atoms with Gasteiger partial charge < -0.3 is 10.6 Å². The summed E-state index contributed by atoms with van der Waals surface area (Å²) in [5, 5.41) is 6.13. The summed E-state index contributed by atoms with van der Waals surface area (Å²) in [6, 6.07) is 5.83. The minimum absolute atomic E-state index is 0.0314. The number of carbonyl (C=O) groups is 1. The van der Waals surface area contributed by atoms with E-state index in [0.717, 1.165) is 24.3 Å². The van der Waals surface area contributed by atoms with Crippen LogP contribution in [0.5, 0.6) is 0 Å². The van der Waals surface area contributed by atoms with E-state index in [2.05, 4.69) is 10.6 Å². The van der Waals surface area contributed by atoms with Crippen molar-refractivity contribution in [3.63, 3.8) is 0 Å². The van der Waals surface area contributed by atoms with Crippen molar-refractivity contribution in [1.82, 2.24) is 0 Å². The molecule has 0 bridgehead atoms. The zero-order valence-corrected chi connectivity index (χ0v) is 12.0. The van der Waals surface area contributed by atoms with Gasteiger partial charge in [-0.2, -0.15) is 0 Å². The maximum atomic E-state index is 12.0. The summed E-state index contributed by atoms with van der Waals surface area (Å²) in [5.74, 6) is 0.235. The van der Waals surface area contributed by atoms with Crippen molar-refractivity contribution in [2.24, 2.45) is 5.92 Å². The first-order valence-corrected chi connectivity index (χ1v) is 8.71. The summed E-state index contributed by atoms with van der Waals surface area (Å²) in [4.78, 5) is 12.0. The average Bonchev–Trinajstić information content (AvgIpc) is 2.95. The van der Waals surface area contributed by atoms with E-state index < -0.39 is 9.84 Å². The van der Waals surface area contributed by atoms with E-state index in [-0.39, 0.29) is 29.8 Å². The van der Waals surface area contributed by atoms with Crippen LogP contribution in [0.2, 0.25) is 0 Å². The molecule has 1 aromatic rings. The van der Waals surface area contributed by atoms with Crippen LogP contribution in [0, 0.1) is 5.92 Å². The highest BCUT2D eigenvalue weighted by molar-refractivity contribution is 7.91. The Labute approximate surface area is 118 Å². The van der Waals surface area contributed by atoms with Gasteiger partial charge in [0.15, 0.2) is 9.84 Å². The van der Waals surface area contributed by atoms with Crippen LogP contribution in [0.25, 0.3) is 0 Å². The van der Waals surface area contributed by atoms with Crippen LogP contribution >= 0.6 is 0 Å². The Morgan fingerprint density at radius 1 is 1.40 bits per heavy atom. The fraction of sp³-hybridized carbons (Fsp3) is 0.500. The summed E-state index contributed by atoms with van der Waals surface area (Å²) in [6.45, 7) is 0.937. The molecule has 108 valence electrons. The second-order valence-corrected chi connectivity index (χ2v) is 7.80. The van der Waals surface area contributed by atoms with Crippen LogP contribution in [-0.2, 0) is 21.1 Å². The molecular formula is C14H18N2O3S.